The van der Waals surface area contributed by atoms with Crippen LogP contribution in [-0.2, 0) is 16.1 Å². The molecule has 4 aromatic rings. The Balaban J connectivity index is 1.46. The molecule has 0 spiro atoms. The van der Waals surface area contributed by atoms with E-state index in [1.807, 2.05) is 60.4 Å². The van der Waals surface area contributed by atoms with Gasteiger partial charge in [0.15, 0.2) is 11.7 Å². The quantitative estimate of drug-likeness (QED) is 0.159. The Labute approximate surface area is 215 Å². The third-order valence-corrected chi connectivity index (χ3v) is 5.68. The molecule has 0 saturated carbocycles. The van der Waals surface area contributed by atoms with Crippen molar-refractivity contribution in [2.45, 2.75) is 39.3 Å². The summed E-state index contributed by atoms with van der Waals surface area (Å²) >= 11 is 0. The molecule has 0 N–H and O–H groups in total. The van der Waals surface area contributed by atoms with Crippen molar-refractivity contribution >= 4 is 23.1 Å². The molecule has 1 atom stereocenters. The number of anilines is 1. The first kappa shape index (κ1) is 26.0. The number of oxazole rings is 1. The highest BCUT2D eigenvalue weighted by Gasteiger charge is 2.20. The Kier molecular flexibility index (Phi) is 8.97. The molecule has 0 aliphatic heterocycles. The molecule has 0 fully saturated rings. The molecule has 1 unspecified atom stereocenters. The van der Waals surface area contributed by atoms with Crippen molar-refractivity contribution in [2.75, 3.05) is 24.7 Å². The standard InChI is InChI=1S/C29H31FN2O5/c1-3-26(28(33)34-4-2)36-24-10-7-9-21(19-24)20-32(29-31-25-11-5-6-12-27(25)37-29)17-8-18-35-23-15-13-22(30)14-16-23/h5-7,9-16,19,26H,3-4,8,17-18,20H2,1-2H3. The Bertz CT molecular complexity index is 1260. The van der Waals surface area contributed by atoms with E-state index >= 15 is 0 Å². The zero-order valence-corrected chi connectivity index (χ0v) is 21.1. The third-order valence-electron chi connectivity index (χ3n) is 5.68. The summed E-state index contributed by atoms with van der Waals surface area (Å²) in [5, 5.41) is 0. The van der Waals surface area contributed by atoms with Crippen molar-refractivity contribution in [3.8, 4) is 11.5 Å². The summed E-state index contributed by atoms with van der Waals surface area (Å²) in [4.78, 5) is 18.9. The molecule has 0 amide bonds. The molecule has 7 nitrogen and oxygen atoms in total. The number of hydrogen-bond donors (Lipinski definition) is 0. The zero-order chi connectivity index (χ0) is 26.0. The van der Waals surface area contributed by atoms with Crippen molar-refractivity contribution in [3.05, 3.63) is 84.2 Å². The van der Waals surface area contributed by atoms with E-state index in [-0.39, 0.29) is 11.8 Å². The van der Waals surface area contributed by atoms with E-state index in [9.17, 15) is 9.18 Å². The number of carbonyl (C=O) groups excluding carboxylic acids is 1. The van der Waals surface area contributed by atoms with Gasteiger partial charge >= 0.3 is 5.97 Å². The first-order valence-corrected chi connectivity index (χ1v) is 12.5. The number of carbonyl (C=O) groups is 1. The summed E-state index contributed by atoms with van der Waals surface area (Å²) in [6, 6.07) is 21.7. The fraction of sp³-hybridized carbons (Fsp3) is 0.310. The van der Waals surface area contributed by atoms with Crippen LogP contribution in [0.2, 0.25) is 0 Å². The molecule has 0 aliphatic rings. The molecule has 3 aromatic carbocycles. The van der Waals surface area contributed by atoms with Gasteiger partial charge in [-0.15, -0.1) is 0 Å². The lowest BCUT2D eigenvalue weighted by Crippen LogP contribution is -2.29. The van der Waals surface area contributed by atoms with Crippen LogP contribution in [0.4, 0.5) is 10.4 Å². The number of aromatic nitrogens is 1. The predicted molar refractivity (Wildman–Crippen MR) is 139 cm³/mol. The summed E-state index contributed by atoms with van der Waals surface area (Å²) in [6.45, 7) is 5.54. The van der Waals surface area contributed by atoms with Crippen LogP contribution in [0, 0.1) is 5.82 Å². The van der Waals surface area contributed by atoms with Crippen LogP contribution in [0.5, 0.6) is 11.5 Å². The minimum Gasteiger partial charge on any atom is -0.494 e. The van der Waals surface area contributed by atoms with Gasteiger partial charge in [0.1, 0.15) is 22.8 Å². The zero-order valence-electron chi connectivity index (χ0n) is 21.1. The average Bonchev–Trinajstić information content (AvgIpc) is 3.35. The lowest BCUT2D eigenvalue weighted by Gasteiger charge is -2.22. The van der Waals surface area contributed by atoms with E-state index < -0.39 is 6.10 Å². The van der Waals surface area contributed by atoms with E-state index in [4.69, 9.17) is 18.6 Å². The van der Waals surface area contributed by atoms with Gasteiger partial charge in [-0.05, 0) is 73.9 Å². The van der Waals surface area contributed by atoms with Crippen LogP contribution >= 0.6 is 0 Å². The van der Waals surface area contributed by atoms with Gasteiger partial charge in [0.05, 0.1) is 13.2 Å². The molecule has 0 radical (unpaired) electrons. The second-order valence-corrected chi connectivity index (χ2v) is 8.46. The van der Waals surface area contributed by atoms with Crippen LogP contribution < -0.4 is 14.4 Å². The van der Waals surface area contributed by atoms with Crippen LogP contribution in [0.1, 0.15) is 32.3 Å². The van der Waals surface area contributed by atoms with Crippen molar-refractivity contribution < 1.29 is 27.8 Å². The van der Waals surface area contributed by atoms with Crippen molar-refractivity contribution in [2.24, 2.45) is 0 Å². The number of fused-ring (bicyclic) bond motifs is 1. The van der Waals surface area contributed by atoms with E-state index in [2.05, 4.69) is 4.98 Å². The lowest BCUT2D eigenvalue weighted by molar-refractivity contribution is -0.151. The molecule has 37 heavy (non-hydrogen) atoms. The predicted octanol–water partition coefficient (Wildman–Crippen LogP) is 6.16. The smallest absolute Gasteiger partial charge is 0.347 e. The van der Waals surface area contributed by atoms with Crippen molar-refractivity contribution in [3.63, 3.8) is 0 Å². The summed E-state index contributed by atoms with van der Waals surface area (Å²) < 4.78 is 36.0. The molecule has 194 valence electrons. The van der Waals surface area contributed by atoms with E-state index in [0.717, 1.165) is 11.1 Å². The molecule has 1 heterocycles. The number of hydrogen-bond acceptors (Lipinski definition) is 7. The summed E-state index contributed by atoms with van der Waals surface area (Å²) in [6.07, 6.45) is 0.533. The highest BCUT2D eigenvalue weighted by Crippen LogP contribution is 2.25. The molecule has 0 saturated heterocycles. The van der Waals surface area contributed by atoms with Crippen LogP contribution in [0.25, 0.3) is 11.1 Å². The minimum absolute atomic E-state index is 0.298. The van der Waals surface area contributed by atoms with Gasteiger partial charge in [-0.25, -0.2) is 9.18 Å². The normalized spacial score (nSPS) is 11.8. The third kappa shape index (κ3) is 7.22. The molecule has 8 heteroatoms. The molecule has 0 aliphatic carbocycles. The van der Waals surface area contributed by atoms with Gasteiger partial charge in [0.2, 0.25) is 0 Å². The van der Waals surface area contributed by atoms with Crippen molar-refractivity contribution in [1.29, 1.82) is 0 Å². The fourth-order valence-corrected chi connectivity index (χ4v) is 3.85. The topological polar surface area (TPSA) is 74.0 Å². The SMILES string of the molecule is CCOC(=O)C(CC)Oc1cccc(CN(CCCOc2ccc(F)cc2)c2nc3ccccc3o2)c1. The summed E-state index contributed by atoms with van der Waals surface area (Å²) in [7, 11) is 0. The number of ether oxygens (including phenoxy) is 3. The van der Waals surface area contributed by atoms with E-state index in [1.165, 1.54) is 12.1 Å². The maximum absolute atomic E-state index is 13.1. The number of nitrogens with zero attached hydrogens (tertiary/aromatic N) is 2. The van der Waals surface area contributed by atoms with Crippen LogP contribution in [0.3, 0.4) is 0 Å². The van der Waals surface area contributed by atoms with Gasteiger partial charge in [0.25, 0.3) is 6.01 Å². The highest BCUT2D eigenvalue weighted by atomic mass is 19.1. The Morgan fingerprint density at radius 2 is 1.84 bits per heavy atom. The van der Waals surface area contributed by atoms with Crippen LogP contribution in [-0.4, -0.2) is 36.8 Å². The Morgan fingerprint density at radius 1 is 1.03 bits per heavy atom. The maximum atomic E-state index is 13.1. The van der Waals surface area contributed by atoms with Crippen LogP contribution in [0.15, 0.2) is 77.2 Å². The molecular weight excluding hydrogens is 475 g/mol. The molecule has 4 rings (SSSR count). The highest BCUT2D eigenvalue weighted by molar-refractivity contribution is 5.75. The number of benzene rings is 3. The number of rotatable bonds is 13. The number of para-hydroxylation sites is 2. The second kappa shape index (κ2) is 12.8. The van der Waals surface area contributed by atoms with Gasteiger partial charge in [-0.1, -0.05) is 31.2 Å². The minimum atomic E-state index is -0.660. The van der Waals surface area contributed by atoms with Crippen molar-refractivity contribution in [1.82, 2.24) is 4.98 Å². The summed E-state index contributed by atoms with van der Waals surface area (Å²) in [5.41, 5.74) is 2.46. The lowest BCUT2D eigenvalue weighted by atomic mass is 10.2. The average molecular weight is 507 g/mol. The van der Waals surface area contributed by atoms with Gasteiger partial charge in [0, 0.05) is 13.1 Å². The fourth-order valence-electron chi connectivity index (χ4n) is 3.85. The molecule has 1 aromatic heterocycles. The summed E-state index contributed by atoms with van der Waals surface area (Å²) in [5.74, 6) is 0.541. The largest absolute Gasteiger partial charge is 0.494 e. The Hall–Kier alpha value is -4.07. The van der Waals surface area contributed by atoms with Gasteiger partial charge in [-0.2, -0.15) is 4.98 Å². The molecular formula is C29H31FN2O5. The maximum Gasteiger partial charge on any atom is 0.347 e. The number of esters is 1. The molecule has 0 bridgehead atoms. The van der Waals surface area contributed by atoms with E-state index in [0.29, 0.717) is 62.2 Å². The van der Waals surface area contributed by atoms with E-state index in [1.54, 1.807) is 19.1 Å². The first-order valence-electron chi connectivity index (χ1n) is 12.5. The second-order valence-electron chi connectivity index (χ2n) is 8.46. The monoisotopic (exact) mass is 506 g/mol. The number of halogens is 1. The first-order chi connectivity index (χ1) is 18.1. The Morgan fingerprint density at radius 3 is 2.59 bits per heavy atom. The van der Waals surface area contributed by atoms with Gasteiger partial charge < -0.3 is 23.5 Å². The van der Waals surface area contributed by atoms with Gasteiger partial charge in [-0.3, -0.25) is 0 Å².